The van der Waals surface area contributed by atoms with Crippen LogP contribution in [0, 0.1) is 6.92 Å². The van der Waals surface area contributed by atoms with Gasteiger partial charge in [0.2, 0.25) is 0 Å². The molecular formula is C13H11ClN2O2S. The van der Waals surface area contributed by atoms with Crippen LogP contribution in [0.2, 0.25) is 5.02 Å². The molecule has 0 saturated carbocycles. The number of aromatic nitrogens is 1. The molecule has 0 saturated heterocycles. The minimum absolute atomic E-state index is 0.0620. The van der Waals surface area contributed by atoms with E-state index >= 15 is 0 Å². The smallest absolute Gasteiger partial charge is 0.265 e. The van der Waals surface area contributed by atoms with Crippen LogP contribution in [0.3, 0.4) is 0 Å². The van der Waals surface area contributed by atoms with Gasteiger partial charge in [-0.1, -0.05) is 11.6 Å². The van der Waals surface area contributed by atoms with Gasteiger partial charge < -0.3 is 5.32 Å². The average Bonchev–Trinajstić information content (AvgIpc) is 2.84. The van der Waals surface area contributed by atoms with E-state index in [1.165, 1.54) is 18.3 Å². The van der Waals surface area contributed by atoms with E-state index in [2.05, 4.69) is 10.3 Å². The lowest BCUT2D eigenvalue weighted by Gasteiger charge is -2.06. The van der Waals surface area contributed by atoms with E-state index in [-0.39, 0.29) is 11.7 Å². The molecule has 0 radical (unpaired) electrons. The molecule has 0 spiro atoms. The van der Waals surface area contributed by atoms with Gasteiger partial charge in [-0.3, -0.25) is 14.6 Å². The first kappa shape index (κ1) is 13.7. The van der Waals surface area contributed by atoms with Gasteiger partial charge in [-0.15, -0.1) is 11.3 Å². The number of nitrogens with one attached hydrogen (secondary N) is 1. The van der Waals surface area contributed by atoms with Gasteiger partial charge >= 0.3 is 0 Å². The van der Waals surface area contributed by atoms with Gasteiger partial charge in [0, 0.05) is 17.1 Å². The second-order valence-corrected chi connectivity index (χ2v) is 5.26. The highest BCUT2D eigenvalue weighted by atomic mass is 35.5. The summed E-state index contributed by atoms with van der Waals surface area (Å²) in [7, 11) is 0. The maximum absolute atomic E-state index is 12.0. The van der Waals surface area contributed by atoms with Gasteiger partial charge in [0.05, 0.1) is 21.3 Å². The molecule has 0 aromatic carbocycles. The summed E-state index contributed by atoms with van der Waals surface area (Å²) < 4.78 is 0. The molecule has 2 aromatic heterocycles. The second-order valence-electron chi connectivity index (χ2n) is 3.97. The van der Waals surface area contributed by atoms with Crippen molar-refractivity contribution < 1.29 is 9.59 Å². The van der Waals surface area contributed by atoms with Crippen molar-refractivity contribution in [1.82, 2.24) is 4.98 Å². The van der Waals surface area contributed by atoms with Crippen LogP contribution in [-0.2, 0) is 0 Å². The van der Waals surface area contributed by atoms with Crippen LogP contribution in [0.25, 0.3) is 0 Å². The highest BCUT2D eigenvalue weighted by Gasteiger charge is 2.13. The number of thiophene rings is 1. The van der Waals surface area contributed by atoms with Crippen LogP contribution >= 0.6 is 22.9 Å². The Kier molecular flexibility index (Phi) is 3.97. The number of ketones is 1. The first-order valence-electron chi connectivity index (χ1n) is 5.51. The summed E-state index contributed by atoms with van der Waals surface area (Å²) in [6.45, 7) is 3.23. The zero-order chi connectivity index (χ0) is 14.0. The van der Waals surface area contributed by atoms with E-state index in [1.807, 2.05) is 0 Å². The monoisotopic (exact) mass is 294 g/mol. The lowest BCUT2D eigenvalue weighted by atomic mass is 10.2. The number of amides is 1. The Balaban J connectivity index is 2.21. The third-order valence-electron chi connectivity index (χ3n) is 2.54. The molecule has 2 aromatic rings. The van der Waals surface area contributed by atoms with Gasteiger partial charge in [0.1, 0.15) is 0 Å². The molecule has 0 atom stereocenters. The second kappa shape index (κ2) is 5.50. The maximum atomic E-state index is 12.0. The standard InChI is InChI=1S/C13H11ClN2O2S/c1-7-12(14)10(3-4-15-7)16-13(18)11-5-9(6-19-11)8(2)17/h3-6H,1-2H3,(H,15,16,18). The molecule has 4 nitrogen and oxygen atoms in total. The summed E-state index contributed by atoms with van der Waals surface area (Å²) in [4.78, 5) is 27.7. The molecule has 0 aliphatic rings. The molecule has 2 rings (SSSR count). The summed E-state index contributed by atoms with van der Waals surface area (Å²) in [5.41, 5.74) is 1.69. The summed E-state index contributed by atoms with van der Waals surface area (Å²) in [5.74, 6) is -0.349. The topological polar surface area (TPSA) is 59.1 Å². The van der Waals surface area contributed by atoms with E-state index in [9.17, 15) is 9.59 Å². The average molecular weight is 295 g/mol. The predicted octanol–water partition coefficient (Wildman–Crippen LogP) is 3.56. The van der Waals surface area contributed by atoms with Gasteiger partial charge in [0.25, 0.3) is 5.91 Å². The van der Waals surface area contributed by atoms with Gasteiger partial charge in [-0.2, -0.15) is 0 Å². The van der Waals surface area contributed by atoms with Gasteiger partial charge in [-0.25, -0.2) is 0 Å². The van der Waals surface area contributed by atoms with Crippen molar-refractivity contribution in [3.8, 4) is 0 Å². The minimum atomic E-state index is -0.287. The molecule has 0 unspecified atom stereocenters. The van der Waals surface area contributed by atoms with Crippen LogP contribution in [-0.4, -0.2) is 16.7 Å². The van der Waals surface area contributed by atoms with Crippen molar-refractivity contribution in [3.63, 3.8) is 0 Å². The van der Waals surface area contributed by atoms with Crippen molar-refractivity contribution in [2.24, 2.45) is 0 Å². The number of halogens is 1. The van der Waals surface area contributed by atoms with Gasteiger partial charge in [-0.05, 0) is 26.0 Å². The Bertz CT molecular complexity index is 652. The van der Waals surface area contributed by atoms with Crippen molar-refractivity contribution in [2.75, 3.05) is 5.32 Å². The fourth-order valence-electron chi connectivity index (χ4n) is 1.47. The predicted molar refractivity (Wildman–Crippen MR) is 76.3 cm³/mol. The summed E-state index contributed by atoms with van der Waals surface area (Å²) in [5, 5.41) is 4.79. The SMILES string of the molecule is CC(=O)c1csc(C(=O)Nc2ccnc(C)c2Cl)c1. The fourth-order valence-corrected chi connectivity index (χ4v) is 2.47. The minimum Gasteiger partial charge on any atom is -0.320 e. The number of carbonyl (C=O) groups excluding carboxylic acids is 2. The molecule has 0 fully saturated rings. The number of Topliss-reactive ketones (excluding diaryl/α,β-unsaturated/α-hetero) is 1. The van der Waals surface area contributed by atoms with Crippen LogP contribution in [0.1, 0.15) is 32.6 Å². The first-order chi connectivity index (χ1) is 8.99. The number of nitrogens with zero attached hydrogens (tertiary/aromatic N) is 1. The zero-order valence-electron chi connectivity index (χ0n) is 10.4. The largest absolute Gasteiger partial charge is 0.320 e. The quantitative estimate of drug-likeness (QED) is 0.881. The Morgan fingerprint density at radius 3 is 2.79 bits per heavy atom. The van der Waals surface area contributed by atoms with E-state index in [0.29, 0.717) is 26.8 Å². The number of anilines is 1. The molecule has 1 N–H and O–H groups in total. The number of hydrogen-bond donors (Lipinski definition) is 1. The summed E-state index contributed by atoms with van der Waals surface area (Å²) in [6, 6.07) is 3.21. The Hall–Kier alpha value is -1.72. The van der Waals surface area contributed by atoms with Crippen molar-refractivity contribution in [1.29, 1.82) is 0 Å². The molecule has 0 bridgehead atoms. The van der Waals surface area contributed by atoms with Crippen LogP contribution in [0.5, 0.6) is 0 Å². The third kappa shape index (κ3) is 3.00. The van der Waals surface area contributed by atoms with E-state index in [1.54, 1.807) is 30.6 Å². The lowest BCUT2D eigenvalue weighted by Crippen LogP contribution is -2.11. The van der Waals surface area contributed by atoms with Crippen LogP contribution in [0.15, 0.2) is 23.7 Å². The third-order valence-corrected chi connectivity index (χ3v) is 3.95. The fraction of sp³-hybridized carbons (Fsp3) is 0.154. The molecule has 0 aliphatic carbocycles. The van der Waals surface area contributed by atoms with Crippen LogP contribution < -0.4 is 5.32 Å². The van der Waals surface area contributed by atoms with Crippen LogP contribution in [0.4, 0.5) is 5.69 Å². The van der Waals surface area contributed by atoms with E-state index in [4.69, 9.17) is 11.6 Å². The Labute approximate surface area is 119 Å². The summed E-state index contributed by atoms with van der Waals surface area (Å²) in [6.07, 6.45) is 1.58. The van der Waals surface area contributed by atoms with Crippen molar-refractivity contribution >= 4 is 40.3 Å². The van der Waals surface area contributed by atoms with E-state index < -0.39 is 0 Å². The number of rotatable bonds is 3. The lowest BCUT2D eigenvalue weighted by molar-refractivity contribution is 0.101. The highest BCUT2D eigenvalue weighted by molar-refractivity contribution is 7.12. The molecule has 0 aliphatic heterocycles. The zero-order valence-corrected chi connectivity index (χ0v) is 11.9. The number of carbonyl (C=O) groups is 2. The molecule has 19 heavy (non-hydrogen) atoms. The molecular weight excluding hydrogens is 284 g/mol. The van der Waals surface area contributed by atoms with Crippen molar-refractivity contribution in [2.45, 2.75) is 13.8 Å². The molecule has 6 heteroatoms. The first-order valence-corrected chi connectivity index (χ1v) is 6.76. The highest BCUT2D eigenvalue weighted by Crippen LogP contribution is 2.25. The maximum Gasteiger partial charge on any atom is 0.265 e. The molecule has 98 valence electrons. The number of hydrogen-bond acceptors (Lipinski definition) is 4. The Morgan fingerprint density at radius 2 is 2.16 bits per heavy atom. The van der Waals surface area contributed by atoms with Gasteiger partial charge in [0.15, 0.2) is 5.78 Å². The summed E-state index contributed by atoms with van der Waals surface area (Å²) >= 11 is 7.28. The van der Waals surface area contributed by atoms with E-state index in [0.717, 1.165) is 0 Å². The number of pyridine rings is 1. The number of aryl methyl sites for hydroxylation is 1. The Morgan fingerprint density at radius 1 is 1.42 bits per heavy atom. The molecule has 2 heterocycles. The van der Waals surface area contributed by atoms with Crippen molar-refractivity contribution in [3.05, 3.63) is 44.9 Å². The molecule has 1 amide bonds. The normalized spacial score (nSPS) is 10.3.